The molecule has 0 bridgehead atoms. The molecule has 5 nitrogen and oxygen atoms in total. The molecule has 1 amide bonds. The zero-order valence-electron chi connectivity index (χ0n) is 17.8. The van der Waals surface area contributed by atoms with E-state index in [0.29, 0.717) is 18.1 Å². The van der Waals surface area contributed by atoms with Crippen molar-refractivity contribution in [1.82, 2.24) is 5.43 Å². The number of aryl methyl sites for hydroxylation is 2. The molecule has 0 saturated heterocycles. The number of carbonyl (C=O) groups is 1. The summed E-state index contributed by atoms with van der Waals surface area (Å²) in [4.78, 5) is 12.3. The second kappa shape index (κ2) is 10.9. The van der Waals surface area contributed by atoms with Crippen molar-refractivity contribution < 1.29 is 14.3 Å². The van der Waals surface area contributed by atoms with Crippen LogP contribution in [-0.4, -0.2) is 19.2 Å². The third-order valence-corrected chi connectivity index (χ3v) is 5.54. The Morgan fingerprint density at radius 2 is 1.87 bits per heavy atom. The van der Waals surface area contributed by atoms with E-state index < -0.39 is 0 Å². The highest BCUT2D eigenvalue weighted by Crippen LogP contribution is 2.34. The van der Waals surface area contributed by atoms with E-state index in [2.05, 4.69) is 33.1 Å². The lowest BCUT2D eigenvalue weighted by atomic mass is 10.0. The first-order chi connectivity index (χ1) is 15.0. The second-order valence-corrected chi connectivity index (χ2v) is 8.37. The number of nitrogens with zero attached hydrogens (tertiary/aromatic N) is 1. The third kappa shape index (κ3) is 6.55. The quantitative estimate of drug-likeness (QED) is 0.249. The summed E-state index contributed by atoms with van der Waals surface area (Å²) < 4.78 is 12.4. The van der Waals surface area contributed by atoms with E-state index in [1.807, 2.05) is 74.5 Å². The highest BCUT2D eigenvalue weighted by atomic mass is 127. The van der Waals surface area contributed by atoms with E-state index in [1.165, 1.54) is 0 Å². The van der Waals surface area contributed by atoms with Crippen LogP contribution >= 0.6 is 22.6 Å². The van der Waals surface area contributed by atoms with Crippen molar-refractivity contribution in [1.29, 1.82) is 0 Å². The van der Waals surface area contributed by atoms with E-state index >= 15 is 0 Å². The number of hydrogen-bond acceptors (Lipinski definition) is 4. The molecule has 0 heterocycles. The first kappa shape index (κ1) is 22.8. The normalized spacial score (nSPS) is 10.8. The summed E-state index contributed by atoms with van der Waals surface area (Å²) in [5, 5.41) is 4.11. The number of nitrogens with one attached hydrogen (secondary N) is 1. The molecule has 3 aromatic carbocycles. The number of hydrazone groups is 1. The molecule has 31 heavy (non-hydrogen) atoms. The Morgan fingerprint density at radius 3 is 2.61 bits per heavy atom. The summed E-state index contributed by atoms with van der Waals surface area (Å²) in [7, 11) is 1.60. The van der Waals surface area contributed by atoms with Gasteiger partial charge in [0.25, 0.3) is 0 Å². The summed E-state index contributed by atoms with van der Waals surface area (Å²) in [5.74, 6) is 1.14. The number of carbonyl (C=O) groups excluding carboxylic acids is 1. The lowest BCUT2D eigenvalue weighted by molar-refractivity contribution is -0.120. The lowest BCUT2D eigenvalue weighted by Gasteiger charge is -2.13. The second-order valence-electron chi connectivity index (χ2n) is 7.21. The van der Waals surface area contributed by atoms with Crippen LogP contribution in [0.1, 0.15) is 27.8 Å². The molecule has 3 aromatic rings. The molecule has 0 aliphatic carbocycles. The minimum absolute atomic E-state index is 0.158. The number of benzene rings is 3. The Balaban J connectivity index is 1.64. The molecular formula is C25H25IN2O3. The SMILES string of the molecule is COc1cc(/C=N/NC(=O)Cc2cc(C)ccc2C)cc(I)c1OCc1ccccc1. The highest BCUT2D eigenvalue weighted by Gasteiger charge is 2.12. The van der Waals surface area contributed by atoms with Gasteiger partial charge in [0.15, 0.2) is 11.5 Å². The number of rotatable bonds is 8. The predicted molar refractivity (Wildman–Crippen MR) is 132 cm³/mol. The molecular weight excluding hydrogens is 503 g/mol. The van der Waals surface area contributed by atoms with Gasteiger partial charge >= 0.3 is 0 Å². The number of methoxy groups -OCH3 is 1. The first-order valence-corrected chi connectivity index (χ1v) is 11.0. The van der Waals surface area contributed by atoms with E-state index in [0.717, 1.165) is 31.4 Å². The van der Waals surface area contributed by atoms with E-state index in [1.54, 1.807) is 13.3 Å². The van der Waals surface area contributed by atoms with Crippen LogP contribution in [0.2, 0.25) is 0 Å². The molecule has 0 aromatic heterocycles. The van der Waals surface area contributed by atoms with Crippen molar-refractivity contribution in [3.8, 4) is 11.5 Å². The van der Waals surface area contributed by atoms with Crippen LogP contribution in [0.5, 0.6) is 11.5 Å². The van der Waals surface area contributed by atoms with Gasteiger partial charge in [0.2, 0.25) is 5.91 Å². The molecule has 0 radical (unpaired) electrons. The Morgan fingerprint density at radius 1 is 1.10 bits per heavy atom. The van der Waals surface area contributed by atoms with Crippen LogP contribution in [0.3, 0.4) is 0 Å². The number of halogens is 1. The van der Waals surface area contributed by atoms with Crippen molar-refractivity contribution in [3.05, 3.63) is 92.1 Å². The summed E-state index contributed by atoms with van der Waals surface area (Å²) >= 11 is 2.21. The third-order valence-electron chi connectivity index (χ3n) is 4.74. The minimum atomic E-state index is -0.158. The molecule has 160 valence electrons. The summed E-state index contributed by atoms with van der Waals surface area (Å²) in [6.07, 6.45) is 1.89. The van der Waals surface area contributed by atoms with Crippen LogP contribution in [-0.2, 0) is 17.8 Å². The zero-order valence-corrected chi connectivity index (χ0v) is 20.0. The average Bonchev–Trinajstić information content (AvgIpc) is 2.76. The molecule has 3 rings (SSSR count). The minimum Gasteiger partial charge on any atom is -0.493 e. The highest BCUT2D eigenvalue weighted by molar-refractivity contribution is 14.1. The molecule has 6 heteroatoms. The van der Waals surface area contributed by atoms with Gasteiger partial charge in [-0.1, -0.05) is 54.1 Å². The van der Waals surface area contributed by atoms with E-state index in [9.17, 15) is 4.79 Å². The van der Waals surface area contributed by atoms with Crippen LogP contribution in [0.15, 0.2) is 65.8 Å². The summed E-state index contributed by atoms with van der Waals surface area (Å²) in [6, 6.07) is 19.8. The maximum absolute atomic E-state index is 12.3. The molecule has 1 N–H and O–H groups in total. The monoisotopic (exact) mass is 528 g/mol. The average molecular weight is 528 g/mol. The predicted octanol–water partition coefficient (Wildman–Crippen LogP) is 5.19. The van der Waals surface area contributed by atoms with Gasteiger partial charge in [-0.3, -0.25) is 4.79 Å². The maximum Gasteiger partial charge on any atom is 0.244 e. The van der Waals surface area contributed by atoms with Gasteiger partial charge in [-0.05, 0) is 70.8 Å². The van der Waals surface area contributed by atoms with Gasteiger partial charge < -0.3 is 9.47 Å². The Kier molecular flexibility index (Phi) is 8.06. The number of hydrogen-bond donors (Lipinski definition) is 1. The molecule has 0 fully saturated rings. The summed E-state index contributed by atoms with van der Waals surface area (Å²) in [5.41, 5.74) is 7.72. The fourth-order valence-corrected chi connectivity index (χ4v) is 3.85. The van der Waals surface area contributed by atoms with Crippen molar-refractivity contribution in [2.75, 3.05) is 7.11 Å². The largest absolute Gasteiger partial charge is 0.493 e. The van der Waals surface area contributed by atoms with Gasteiger partial charge in [-0.25, -0.2) is 5.43 Å². The molecule has 0 atom stereocenters. The lowest BCUT2D eigenvalue weighted by Crippen LogP contribution is -2.20. The van der Waals surface area contributed by atoms with Crippen LogP contribution < -0.4 is 14.9 Å². The fraction of sp³-hybridized carbons (Fsp3) is 0.200. The Bertz CT molecular complexity index is 1080. The molecule has 0 spiro atoms. The molecule has 0 aliphatic heterocycles. The van der Waals surface area contributed by atoms with Gasteiger partial charge in [0.05, 0.1) is 23.3 Å². The fourth-order valence-electron chi connectivity index (χ4n) is 3.07. The van der Waals surface area contributed by atoms with Gasteiger partial charge in [0, 0.05) is 0 Å². The van der Waals surface area contributed by atoms with Crippen LogP contribution in [0, 0.1) is 17.4 Å². The Hall–Kier alpha value is -2.87. The zero-order chi connectivity index (χ0) is 22.2. The Labute approximate surface area is 196 Å². The topological polar surface area (TPSA) is 59.9 Å². The van der Waals surface area contributed by atoms with Crippen molar-refractivity contribution in [2.45, 2.75) is 26.9 Å². The van der Waals surface area contributed by atoms with Crippen molar-refractivity contribution >= 4 is 34.7 Å². The van der Waals surface area contributed by atoms with Crippen molar-refractivity contribution in [3.63, 3.8) is 0 Å². The standard InChI is InChI=1S/C25H25IN2O3/c1-17-9-10-18(2)21(11-17)14-24(29)28-27-15-20-12-22(26)25(23(13-20)30-3)31-16-19-7-5-4-6-8-19/h4-13,15H,14,16H2,1-3H3,(H,28,29)/b27-15+. The van der Waals surface area contributed by atoms with Crippen LogP contribution in [0.4, 0.5) is 0 Å². The van der Waals surface area contributed by atoms with Crippen molar-refractivity contribution in [2.24, 2.45) is 5.10 Å². The summed E-state index contributed by atoms with van der Waals surface area (Å²) in [6.45, 7) is 4.47. The molecule has 0 saturated carbocycles. The maximum atomic E-state index is 12.3. The smallest absolute Gasteiger partial charge is 0.244 e. The molecule has 0 unspecified atom stereocenters. The number of ether oxygens (including phenoxy) is 2. The number of amides is 1. The van der Waals surface area contributed by atoms with E-state index in [-0.39, 0.29) is 12.3 Å². The molecule has 0 aliphatic rings. The van der Waals surface area contributed by atoms with Gasteiger partial charge in [-0.15, -0.1) is 0 Å². The van der Waals surface area contributed by atoms with Gasteiger partial charge in [0.1, 0.15) is 6.61 Å². The first-order valence-electron chi connectivity index (χ1n) is 9.88. The van der Waals surface area contributed by atoms with Crippen LogP contribution in [0.25, 0.3) is 0 Å². The van der Waals surface area contributed by atoms with E-state index in [4.69, 9.17) is 9.47 Å². The van der Waals surface area contributed by atoms with Gasteiger partial charge in [-0.2, -0.15) is 5.10 Å².